The summed E-state index contributed by atoms with van der Waals surface area (Å²) in [6, 6.07) is 6.61. The van der Waals surface area contributed by atoms with Gasteiger partial charge in [-0.2, -0.15) is 0 Å². The SMILES string of the molecule is CCCCCc1ccc(C)cc1Br. The number of benzene rings is 1. The number of unbranched alkanes of at least 4 members (excludes halogenated alkanes) is 2. The van der Waals surface area contributed by atoms with Crippen LogP contribution in [-0.2, 0) is 6.42 Å². The zero-order valence-electron chi connectivity index (χ0n) is 8.44. The lowest BCUT2D eigenvalue weighted by Gasteiger charge is -2.04. The van der Waals surface area contributed by atoms with Crippen molar-refractivity contribution < 1.29 is 0 Å². The summed E-state index contributed by atoms with van der Waals surface area (Å²) in [4.78, 5) is 0. The lowest BCUT2D eigenvalue weighted by atomic mass is 10.1. The van der Waals surface area contributed by atoms with Crippen LogP contribution in [0.3, 0.4) is 0 Å². The lowest BCUT2D eigenvalue weighted by Crippen LogP contribution is -1.87. The fourth-order valence-corrected chi connectivity index (χ4v) is 2.11. The molecule has 0 spiro atoms. The largest absolute Gasteiger partial charge is 0.0654 e. The minimum Gasteiger partial charge on any atom is -0.0654 e. The smallest absolute Gasteiger partial charge is 0.0209 e. The molecule has 72 valence electrons. The quantitative estimate of drug-likeness (QED) is 0.681. The Morgan fingerprint density at radius 1 is 1.23 bits per heavy atom. The third-order valence-electron chi connectivity index (χ3n) is 2.26. The van der Waals surface area contributed by atoms with Gasteiger partial charge in [-0.3, -0.25) is 0 Å². The number of hydrogen-bond donors (Lipinski definition) is 0. The highest BCUT2D eigenvalue weighted by atomic mass is 79.9. The second-order valence-electron chi connectivity index (χ2n) is 3.55. The fourth-order valence-electron chi connectivity index (χ4n) is 1.42. The van der Waals surface area contributed by atoms with Gasteiger partial charge in [0.2, 0.25) is 0 Å². The molecule has 1 aromatic rings. The molecular weight excluding hydrogens is 224 g/mol. The summed E-state index contributed by atoms with van der Waals surface area (Å²) in [5.41, 5.74) is 2.77. The van der Waals surface area contributed by atoms with Crippen molar-refractivity contribution in [1.82, 2.24) is 0 Å². The van der Waals surface area contributed by atoms with Gasteiger partial charge >= 0.3 is 0 Å². The van der Waals surface area contributed by atoms with Crippen LogP contribution in [0.2, 0.25) is 0 Å². The normalized spacial score (nSPS) is 10.4. The summed E-state index contributed by atoms with van der Waals surface area (Å²) in [5.74, 6) is 0. The number of aryl methyl sites for hydroxylation is 2. The highest BCUT2D eigenvalue weighted by Gasteiger charge is 1.98. The molecule has 0 radical (unpaired) electrons. The molecule has 0 saturated carbocycles. The van der Waals surface area contributed by atoms with Crippen molar-refractivity contribution in [1.29, 1.82) is 0 Å². The predicted octanol–water partition coefficient (Wildman–Crippen LogP) is 4.49. The van der Waals surface area contributed by atoms with E-state index in [1.165, 1.54) is 41.3 Å². The lowest BCUT2D eigenvalue weighted by molar-refractivity contribution is 0.716. The molecule has 1 heteroatoms. The van der Waals surface area contributed by atoms with Gasteiger partial charge in [0.25, 0.3) is 0 Å². The van der Waals surface area contributed by atoms with Gasteiger partial charge in [-0.1, -0.05) is 47.8 Å². The van der Waals surface area contributed by atoms with Crippen LogP contribution in [0.25, 0.3) is 0 Å². The second kappa shape index (κ2) is 5.43. The standard InChI is InChI=1S/C12H17Br/c1-3-4-5-6-11-8-7-10(2)9-12(11)13/h7-9H,3-6H2,1-2H3. The van der Waals surface area contributed by atoms with Crippen LogP contribution in [0.4, 0.5) is 0 Å². The third kappa shape index (κ3) is 3.51. The van der Waals surface area contributed by atoms with Crippen LogP contribution in [-0.4, -0.2) is 0 Å². The molecule has 0 unspecified atom stereocenters. The summed E-state index contributed by atoms with van der Waals surface area (Å²) in [6.45, 7) is 4.37. The van der Waals surface area contributed by atoms with Gasteiger partial charge in [0.05, 0.1) is 0 Å². The van der Waals surface area contributed by atoms with E-state index in [1.54, 1.807) is 0 Å². The number of rotatable bonds is 4. The Kier molecular flexibility index (Phi) is 4.51. The van der Waals surface area contributed by atoms with Crippen LogP contribution >= 0.6 is 15.9 Å². The number of halogens is 1. The molecular formula is C12H17Br. The van der Waals surface area contributed by atoms with E-state index in [0.717, 1.165) is 0 Å². The molecule has 0 heterocycles. The first kappa shape index (κ1) is 10.8. The van der Waals surface area contributed by atoms with Gasteiger partial charge in [0.1, 0.15) is 0 Å². The maximum atomic E-state index is 3.60. The zero-order chi connectivity index (χ0) is 9.68. The van der Waals surface area contributed by atoms with Gasteiger partial charge in [-0.15, -0.1) is 0 Å². The van der Waals surface area contributed by atoms with Crippen LogP contribution in [0.15, 0.2) is 22.7 Å². The van der Waals surface area contributed by atoms with Crippen molar-refractivity contribution in [3.8, 4) is 0 Å². The number of hydrogen-bond acceptors (Lipinski definition) is 0. The van der Waals surface area contributed by atoms with Crippen molar-refractivity contribution in [2.24, 2.45) is 0 Å². The van der Waals surface area contributed by atoms with Crippen molar-refractivity contribution in [3.63, 3.8) is 0 Å². The minimum absolute atomic E-state index is 1.20. The minimum atomic E-state index is 1.20. The molecule has 0 fully saturated rings. The summed E-state index contributed by atoms with van der Waals surface area (Å²) in [6.07, 6.45) is 5.14. The predicted molar refractivity (Wildman–Crippen MR) is 62.1 cm³/mol. The van der Waals surface area contributed by atoms with Crippen molar-refractivity contribution in [2.75, 3.05) is 0 Å². The molecule has 0 aliphatic carbocycles. The molecule has 13 heavy (non-hydrogen) atoms. The summed E-state index contributed by atoms with van der Waals surface area (Å²) < 4.78 is 1.27. The van der Waals surface area contributed by atoms with Gasteiger partial charge in [-0.25, -0.2) is 0 Å². The van der Waals surface area contributed by atoms with E-state index in [9.17, 15) is 0 Å². The third-order valence-corrected chi connectivity index (χ3v) is 3.00. The van der Waals surface area contributed by atoms with E-state index in [0.29, 0.717) is 0 Å². The molecule has 0 bridgehead atoms. The van der Waals surface area contributed by atoms with Crippen LogP contribution in [0.5, 0.6) is 0 Å². The first-order valence-electron chi connectivity index (χ1n) is 4.99. The molecule has 1 aromatic carbocycles. The maximum absolute atomic E-state index is 3.60. The summed E-state index contributed by atoms with van der Waals surface area (Å²) in [5, 5.41) is 0. The molecule has 0 aromatic heterocycles. The molecule has 0 aliphatic rings. The molecule has 1 rings (SSSR count). The van der Waals surface area contributed by atoms with E-state index in [1.807, 2.05) is 0 Å². The Labute approximate surface area is 89.5 Å². The molecule has 0 aliphatic heterocycles. The van der Waals surface area contributed by atoms with Crippen molar-refractivity contribution in [3.05, 3.63) is 33.8 Å². The van der Waals surface area contributed by atoms with Crippen LogP contribution < -0.4 is 0 Å². The van der Waals surface area contributed by atoms with E-state index in [2.05, 4.69) is 48.0 Å². The second-order valence-corrected chi connectivity index (χ2v) is 4.41. The summed E-state index contributed by atoms with van der Waals surface area (Å²) >= 11 is 3.60. The van der Waals surface area contributed by atoms with Gasteiger partial charge < -0.3 is 0 Å². The van der Waals surface area contributed by atoms with E-state index in [4.69, 9.17) is 0 Å². The average Bonchev–Trinajstić information content (AvgIpc) is 2.09. The van der Waals surface area contributed by atoms with Crippen LogP contribution in [0, 0.1) is 6.92 Å². The highest BCUT2D eigenvalue weighted by Crippen LogP contribution is 2.20. The van der Waals surface area contributed by atoms with Crippen LogP contribution in [0.1, 0.15) is 37.3 Å². The molecule has 0 saturated heterocycles. The van der Waals surface area contributed by atoms with E-state index in [-0.39, 0.29) is 0 Å². The highest BCUT2D eigenvalue weighted by molar-refractivity contribution is 9.10. The first-order chi connectivity index (χ1) is 6.24. The Morgan fingerprint density at radius 3 is 2.62 bits per heavy atom. The van der Waals surface area contributed by atoms with E-state index >= 15 is 0 Å². The van der Waals surface area contributed by atoms with Crippen molar-refractivity contribution in [2.45, 2.75) is 39.5 Å². The Hall–Kier alpha value is -0.300. The van der Waals surface area contributed by atoms with Gasteiger partial charge in [-0.05, 0) is 37.0 Å². The Bertz CT molecular complexity index is 266. The Morgan fingerprint density at radius 2 is 2.00 bits per heavy atom. The van der Waals surface area contributed by atoms with Gasteiger partial charge in [0, 0.05) is 4.47 Å². The van der Waals surface area contributed by atoms with Gasteiger partial charge in [0.15, 0.2) is 0 Å². The molecule has 0 amide bonds. The topological polar surface area (TPSA) is 0 Å². The first-order valence-corrected chi connectivity index (χ1v) is 5.78. The molecule has 0 N–H and O–H groups in total. The monoisotopic (exact) mass is 240 g/mol. The maximum Gasteiger partial charge on any atom is 0.0209 e. The molecule has 0 nitrogen and oxygen atoms in total. The average molecular weight is 241 g/mol. The molecule has 0 atom stereocenters. The van der Waals surface area contributed by atoms with E-state index < -0.39 is 0 Å². The zero-order valence-corrected chi connectivity index (χ0v) is 10.0. The Balaban J connectivity index is 2.56. The fraction of sp³-hybridized carbons (Fsp3) is 0.500. The summed E-state index contributed by atoms with van der Waals surface area (Å²) in [7, 11) is 0. The van der Waals surface area contributed by atoms with Crippen molar-refractivity contribution >= 4 is 15.9 Å².